The fraction of sp³-hybridized carbons (Fsp3) is 0.500. The Morgan fingerprint density at radius 2 is 1.76 bits per heavy atom. The average Bonchev–Trinajstić information content (AvgIpc) is 2.38. The first-order chi connectivity index (χ1) is 9.83. The number of hydrogen-bond donors (Lipinski definition) is 2. The second-order valence-electron chi connectivity index (χ2n) is 5.47. The number of sulfonamides is 1. The lowest BCUT2D eigenvalue weighted by molar-refractivity contribution is -0.138. The van der Waals surface area contributed by atoms with Crippen LogP contribution in [0.2, 0.25) is 5.02 Å². The van der Waals surface area contributed by atoms with Gasteiger partial charge in [0.15, 0.2) is 0 Å². The summed E-state index contributed by atoms with van der Waals surface area (Å²) in [4.78, 5) is 11.2. The molecule has 2 rings (SSSR count). The Balaban J connectivity index is 2.26. The van der Waals surface area contributed by atoms with Crippen molar-refractivity contribution in [2.75, 3.05) is 0 Å². The molecular formula is C14H18ClNO4S. The van der Waals surface area contributed by atoms with E-state index in [9.17, 15) is 13.2 Å². The van der Waals surface area contributed by atoms with Crippen LogP contribution in [-0.4, -0.2) is 25.0 Å². The summed E-state index contributed by atoms with van der Waals surface area (Å²) < 4.78 is 27.5. The second kappa shape index (κ2) is 6.34. The fourth-order valence-electron chi connectivity index (χ4n) is 2.79. The maximum atomic E-state index is 12.5. The van der Waals surface area contributed by atoms with E-state index in [-0.39, 0.29) is 11.3 Å². The summed E-state index contributed by atoms with van der Waals surface area (Å²) in [6.07, 6.45) is 3.56. The maximum absolute atomic E-state index is 12.5. The summed E-state index contributed by atoms with van der Waals surface area (Å²) in [6.45, 7) is 0. The van der Waals surface area contributed by atoms with Crippen LogP contribution in [0, 0.1) is 0 Å². The van der Waals surface area contributed by atoms with Crippen molar-refractivity contribution >= 4 is 27.6 Å². The number of aliphatic carboxylic acids is 1. The van der Waals surface area contributed by atoms with Crippen molar-refractivity contribution in [2.24, 2.45) is 0 Å². The standard InChI is InChI=1S/C14H18ClNO4S/c15-11-4-6-12(7-5-11)21(19,20)16-14(10-13(17)18)8-2-1-3-9-14/h4-7,16H,1-3,8-10H2,(H,17,18). The molecule has 0 amide bonds. The molecule has 0 bridgehead atoms. The van der Waals surface area contributed by atoms with E-state index in [2.05, 4.69) is 4.72 Å². The molecule has 0 saturated heterocycles. The molecule has 21 heavy (non-hydrogen) atoms. The number of nitrogens with one attached hydrogen (secondary N) is 1. The average molecular weight is 332 g/mol. The van der Waals surface area contributed by atoms with Crippen LogP contribution in [0.5, 0.6) is 0 Å². The molecule has 1 fully saturated rings. The van der Waals surface area contributed by atoms with Crippen LogP contribution in [0.1, 0.15) is 38.5 Å². The van der Waals surface area contributed by atoms with Crippen molar-refractivity contribution in [2.45, 2.75) is 49.0 Å². The Morgan fingerprint density at radius 3 is 2.29 bits per heavy atom. The van der Waals surface area contributed by atoms with E-state index < -0.39 is 21.5 Å². The zero-order valence-corrected chi connectivity index (χ0v) is 13.1. The van der Waals surface area contributed by atoms with Gasteiger partial charge in [0, 0.05) is 10.6 Å². The van der Waals surface area contributed by atoms with Gasteiger partial charge in [0.25, 0.3) is 0 Å². The highest BCUT2D eigenvalue weighted by Crippen LogP contribution is 2.32. The molecule has 0 unspecified atom stereocenters. The first-order valence-corrected chi connectivity index (χ1v) is 8.71. The predicted octanol–water partition coefficient (Wildman–Crippen LogP) is 2.80. The van der Waals surface area contributed by atoms with Gasteiger partial charge in [0.05, 0.1) is 11.3 Å². The van der Waals surface area contributed by atoms with Crippen LogP contribution in [0.25, 0.3) is 0 Å². The fourth-order valence-corrected chi connectivity index (χ4v) is 4.38. The summed E-state index contributed by atoms with van der Waals surface area (Å²) in [5.74, 6) is -0.990. The van der Waals surface area contributed by atoms with Gasteiger partial charge in [-0.3, -0.25) is 4.79 Å². The van der Waals surface area contributed by atoms with Gasteiger partial charge < -0.3 is 5.11 Å². The lowest BCUT2D eigenvalue weighted by Gasteiger charge is -2.36. The quantitative estimate of drug-likeness (QED) is 0.869. The molecule has 1 aliphatic rings. The molecular weight excluding hydrogens is 314 g/mol. The van der Waals surface area contributed by atoms with Crippen LogP contribution >= 0.6 is 11.6 Å². The number of carboxylic acid groups (broad SMARTS) is 1. The molecule has 1 aromatic rings. The molecule has 0 spiro atoms. The summed E-state index contributed by atoms with van der Waals surface area (Å²) in [7, 11) is -3.75. The highest BCUT2D eigenvalue weighted by molar-refractivity contribution is 7.89. The Bertz CT molecular complexity index is 606. The third-order valence-electron chi connectivity index (χ3n) is 3.78. The molecule has 1 aromatic carbocycles. The van der Waals surface area contributed by atoms with Crippen molar-refractivity contribution in [3.05, 3.63) is 29.3 Å². The van der Waals surface area contributed by atoms with E-state index in [4.69, 9.17) is 16.7 Å². The Kier molecular flexibility index (Phi) is 4.91. The van der Waals surface area contributed by atoms with Gasteiger partial charge in [0.1, 0.15) is 0 Å². The van der Waals surface area contributed by atoms with Crippen LogP contribution in [0.15, 0.2) is 29.2 Å². The zero-order chi connectivity index (χ0) is 15.5. The summed E-state index contributed by atoms with van der Waals surface area (Å²) in [6, 6.07) is 5.84. The van der Waals surface area contributed by atoms with Crippen LogP contribution in [-0.2, 0) is 14.8 Å². The smallest absolute Gasteiger partial charge is 0.305 e. The molecule has 0 aromatic heterocycles. The van der Waals surface area contributed by atoms with E-state index >= 15 is 0 Å². The molecule has 7 heteroatoms. The van der Waals surface area contributed by atoms with E-state index in [1.165, 1.54) is 24.3 Å². The molecule has 0 atom stereocenters. The summed E-state index contributed by atoms with van der Waals surface area (Å²) in [5, 5.41) is 9.53. The van der Waals surface area contributed by atoms with Crippen LogP contribution in [0.4, 0.5) is 0 Å². The molecule has 0 aliphatic heterocycles. The third-order valence-corrected chi connectivity index (χ3v) is 5.62. The normalized spacial score (nSPS) is 18.3. The monoisotopic (exact) mass is 331 g/mol. The topological polar surface area (TPSA) is 83.5 Å². The molecule has 1 aliphatic carbocycles. The SMILES string of the molecule is O=C(O)CC1(NS(=O)(=O)c2ccc(Cl)cc2)CCCCC1. The van der Waals surface area contributed by atoms with E-state index in [0.29, 0.717) is 17.9 Å². The van der Waals surface area contributed by atoms with Gasteiger partial charge >= 0.3 is 5.97 Å². The third kappa shape index (κ3) is 4.18. The zero-order valence-electron chi connectivity index (χ0n) is 11.5. The van der Waals surface area contributed by atoms with Gasteiger partial charge in [0.2, 0.25) is 10.0 Å². The van der Waals surface area contributed by atoms with Crippen LogP contribution in [0.3, 0.4) is 0 Å². The van der Waals surface area contributed by atoms with E-state index in [1.54, 1.807) is 0 Å². The van der Waals surface area contributed by atoms with Gasteiger partial charge in [-0.05, 0) is 37.1 Å². The number of hydrogen-bond acceptors (Lipinski definition) is 3. The molecule has 2 N–H and O–H groups in total. The van der Waals surface area contributed by atoms with Gasteiger partial charge in [-0.2, -0.15) is 0 Å². The maximum Gasteiger partial charge on any atom is 0.305 e. The first kappa shape index (κ1) is 16.3. The Labute approximate surface area is 129 Å². The lowest BCUT2D eigenvalue weighted by Crippen LogP contribution is -2.50. The van der Waals surface area contributed by atoms with Crippen molar-refractivity contribution in [1.82, 2.24) is 4.72 Å². The summed E-state index contributed by atoms with van der Waals surface area (Å²) in [5.41, 5.74) is -0.886. The van der Waals surface area contributed by atoms with Gasteiger partial charge in [-0.15, -0.1) is 0 Å². The highest BCUT2D eigenvalue weighted by atomic mass is 35.5. The number of rotatable bonds is 5. The molecule has 1 saturated carbocycles. The molecule has 0 heterocycles. The predicted molar refractivity (Wildman–Crippen MR) is 79.8 cm³/mol. The largest absolute Gasteiger partial charge is 0.481 e. The van der Waals surface area contributed by atoms with Crippen molar-refractivity contribution < 1.29 is 18.3 Å². The summed E-state index contributed by atoms with van der Waals surface area (Å²) >= 11 is 5.76. The number of carbonyl (C=O) groups is 1. The molecule has 116 valence electrons. The van der Waals surface area contributed by atoms with E-state index in [0.717, 1.165) is 19.3 Å². The van der Waals surface area contributed by atoms with Crippen molar-refractivity contribution in [3.63, 3.8) is 0 Å². The Hall–Kier alpha value is -1.11. The number of halogens is 1. The molecule has 5 nitrogen and oxygen atoms in total. The minimum Gasteiger partial charge on any atom is -0.481 e. The van der Waals surface area contributed by atoms with Gasteiger partial charge in [-0.25, -0.2) is 13.1 Å². The highest BCUT2D eigenvalue weighted by Gasteiger charge is 2.38. The first-order valence-electron chi connectivity index (χ1n) is 6.84. The number of benzene rings is 1. The van der Waals surface area contributed by atoms with Crippen LogP contribution < -0.4 is 4.72 Å². The van der Waals surface area contributed by atoms with Gasteiger partial charge in [-0.1, -0.05) is 30.9 Å². The minimum absolute atomic E-state index is 0.0993. The number of carboxylic acids is 1. The van der Waals surface area contributed by atoms with E-state index in [1.807, 2.05) is 0 Å². The Morgan fingerprint density at radius 1 is 1.19 bits per heavy atom. The minimum atomic E-state index is -3.75. The van der Waals surface area contributed by atoms with Crippen molar-refractivity contribution in [1.29, 1.82) is 0 Å². The van der Waals surface area contributed by atoms with Crippen molar-refractivity contribution in [3.8, 4) is 0 Å². The molecule has 0 radical (unpaired) electrons. The second-order valence-corrected chi connectivity index (χ2v) is 7.59. The lowest BCUT2D eigenvalue weighted by atomic mass is 9.80.